The van der Waals surface area contributed by atoms with Gasteiger partial charge in [-0.1, -0.05) is 13.0 Å². The molecule has 21 heavy (non-hydrogen) atoms. The van der Waals surface area contributed by atoms with Gasteiger partial charge in [0.25, 0.3) is 0 Å². The Balaban J connectivity index is 2.33. The van der Waals surface area contributed by atoms with Crippen LogP contribution in [-0.2, 0) is 12.6 Å². The summed E-state index contributed by atoms with van der Waals surface area (Å²) in [5.74, 6) is 0.875. The van der Waals surface area contributed by atoms with Crippen LogP contribution in [0.5, 0.6) is 0 Å². The fourth-order valence-electron chi connectivity index (χ4n) is 2.59. The summed E-state index contributed by atoms with van der Waals surface area (Å²) in [5, 5.41) is 0.406. The lowest BCUT2D eigenvalue weighted by Crippen LogP contribution is -2.38. The van der Waals surface area contributed by atoms with Gasteiger partial charge in [-0.25, -0.2) is 0 Å². The van der Waals surface area contributed by atoms with Gasteiger partial charge in [0.2, 0.25) is 0 Å². The normalized spacial score (nSPS) is 19.9. The Labute approximate surface area is 127 Å². The number of hydrogen-bond donors (Lipinski definition) is 1. The molecular formula is C15H21F3N2S. The summed E-state index contributed by atoms with van der Waals surface area (Å²) >= 11 is 1.85. The summed E-state index contributed by atoms with van der Waals surface area (Å²) in [7, 11) is 0. The van der Waals surface area contributed by atoms with Crippen LogP contribution in [0.15, 0.2) is 18.2 Å². The van der Waals surface area contributed by atoms with E-state index in [0.29, 0.717) is 42.6 Å². The van der Waals surface area contributed by atoms with E-state index in [-0.39, 0.29) is 0 Å². The summed E-state index contributed by atoms with van der Waals surface area (Å²) < 4.78 is 40.0. The van der Waals surface area contributed by atoms with Gasteiger partial charge in [0.15, 0.2) is 0 Å². The van der Waals surface area contributed by atoms with Crippen molar-refractivity contribution in [1.82, 2.24) is 0 Å². The highest BCUT2D eigenvalue weighted by Gasteiger charge is 2.36. The molecule has 1 atom stereocenters. The molecule has 1 unspecified atom stereocenters. The molecule has 0 bridgehead atoms. The highest BCUT2D eigenvalue weighted by atomic mass is 32.2. The number of hydrogen-bond acceptors (Lipinski definition) is 3. The van der Waals surface area contributed by atoms with Gasteiger partial charge in [0.05, 0.1) is 5.56 Å². The highest BCUT2D eigenvalue weighted by Crippen LogP contribution is 2.38. The first-order chi connectivity index (χ1) is 9.95. The summed E-state index contributed by atoms with van der Waals surface area (Å²) in [6, 6.07) is 4.63. The second-order valence-electron chi connectivity index (χ2n) is 5.23. The van der Waals surface area contributed by atoms with Crippen LogP contribution in [0.25, 0.3) is 0 Å². The third-order valence-electron chi connectivity index (χ3n) is 3.73. The van der Waals surface area contributed by atoms with E-state index in [2.05, 4.69) is 6.92 Å². The number of rotatable bonds is 4. The van der Waals surface area contributed by atoms with Gasteiger partial charge in [-0.3, -0.25) is 0 Å². The monoisotopic (exact) mass is 318 g/mol. The summed E-state index contributed by atoms with van der Waals surface area (Å²) in [6.45, 7) is 3.78. The van der Waals surface area contributed by atoms with Crippen LogP contribution in [0.4, 0.5) is 18.9 Å². The standard InChI is InChI=1S/C15H21F3N2S/c1-2-12-10-20(7-8-21-12)14-4-3-11(5-6-19)9-13(14)15(16,17)18/h3-4,9,12H,2,5-8,10,19H2,1H3. The van der Waals surface area contributed by atoms with E-state index in [4.69, 9.17) is 5.73 Å². The first kappa shape index (κ1) is 16.5. The van der Waals surface area contributed by atoms with Crippen molar-refractivity contribution in [1.29, 1.82) is 0 Å². The van der Waals surface area contributed by atoms with Crippen molar-refractivity contribution in [2.75, 3.05) is 30.3 Å². The average molecular weight is 318 g/mol. The fourth-order valence-corrected chi connectivity index (χ4v) is 3.77. The van der Waals surface area contributed by atoms with E-state index >= 15 is 0 Å². The maximum absolute atomic E-state index is 13.3. The van der Waals surface area contributed by atoms with Crippen molar-refractivity contribution in [3.63, 3.8) is 0 Å². The van der Waals surface area contributed by atoms with Crippen molar-refractivity contribution in [2.45, 2.75) is 31.2 Å². The minimum absolute atomic E-state index is 0.307. The lowest BCUT2D eigenvalue weighted by molar-refractivity contribution is -0.137. The van der Waals surface area contributed by atoms with E-state index in [0.717, 1.165) is 12.2 Å². The molecule has 0 saturated carbocycles. The molecule has 1 heterocycles. The van der Waals surface area contributed by atoms with Crippen LogP contribution in [-0.4, -0.2) is 30.6 Å². The second kappa shape index (κ2) is 6.92. The third kappa shape index (κ3) is 4.07. The van der Waals surface area contributed by atoms with Crippen molar-refractivity contribution >= 4 is 17.4 Å². The van der Waals surface area contributed by atoms with Crippen LogP contribution in [0.2, 0.25) is 0 Å². The minimum Gasteiger partial charge on any atom is -0.369 e. The van der Waals surface area contributed by atoms with Crippen molar-refractivity contribution in [3.8, 4) is 0 Å². The lowest BCUT2D eigenvalue weighted by atomic mass is 10.0. The molecule has 6 heteroatoms. The Bertz CT molecular complexity index is 476. The molecule has 0 spiro atoms. The predicted molar refractivity (Wildman–Crippen MR) is 83.0 cm³/mol. The molecule has 1 aromatic carbocycles. The van der Waals surface area contributed by atoms with Gasteiger partial charge in [-0.15, -0.1) is 0 Å². The summed E-state index contributed by atoms with van der Waals surface area (Å²) in [5.41, 5.74) is 5.86. The first-order valence-electron chi connectivity index (χ1n) is 7.22. The Hall–Kier alpha value is -0.880. The van der Waals surface area contributed by atoms with Gasteiger partial charge in [0.1, 0.15) is 0 Å². The average Bonchev–Trinajstić information content (AvgIpc) is 2.47. The number of anilines is 1. The first-order valence-corrected chi connectivity index (χ1v) is 8.27. The zero-order valence-electron chi connectivity index (χ0n) is 12.1. The molecule has 1 aliphatic rings. The van der Waals surface area contributed by atoms with Crippen LogP contribution in [0.1, 0.15) is 24.5 Å². The van der Waals surface area contributed by atoms with E-state index in [1.807, 2.05) is 16.7 Å². The molecule has 1 fully saturated rings. The third-order valence-corrected chi connectivity index (χ3v) is 5.11. The SMILES string of the molecule is CCC1CN(c2ccc(CCN)cc2C(F)(F)F)CCS1. The van der Waals surface area contributed by atoms with Gasteiger partial charge in [-0.2, -0.15) is 24.9 Å². The Morgan fingerprint density at radius 2 is 2.14 bits per heavy atom. The number of nitrogens with zero attached hydrogens (tertiary/aromatic N) is 1. The van der Waals surface area contributed by atoms with Crippen LogP contribution < -0.4 is 10.6 Å². The largest absolute Gasteiger partial charge is 0.418 e. The quantitative estimate of drug-likeness (QED) is 0.921. The maximum atomic E-state index is 13.3. The molecule has 1 aliphatic heterocycles. The number of benzene rings is 1. The van der Waals surface area contributed by atoms with E-state index < -0.39 is 11.7 Å². The topological polar surface area (TPSA) is 29.3 Å². The lowest BCUT2D eigenvalue weighted by Gasteiger charge is -2.35. The zero-order valence-corrected chi connectivity index (χ0v) is 12.9. The van der Waals surface area contributed by atoms with Crippen LogP contribution in [0, 0.1) is 0 Å². The molecule has 0 radical (unpaired) electrons. The second-order valence-corrected chi connectivity index (χ2v) is 6.64. The molecule has 0 amide bonds. The Morgan fingerprint density at radius 1 is 1.38 bits per heavy atom. The summed E-state index contributed by atoms with van der Waals surface area (Å²) in [4.78, 5) is 1.87. The molecule has 0 aliphatic carbocycles. The van der Waals surface area contributed by atoms with E-state index in [1.165, 1.54) is 6.07 Å². The molecular weight excluding hydrogens is 297 g/mol. The summed E-state index contributed by atoms with van der Waals surface area (Å²) in [6.07, 6.45) is -2.88. The molecule has 2 nitrogen and oxygen atoms in total. The molecule has 2 N–H and O–H groups in total. The Morgan fingerprint density at radius 3 is 2.76 bits per heavy atom. The van der Waals surface area contributed by atoms with Crippen LogP contribution in [0.3, 0.4) is 0 Å². The number of nitrogens with two attached hydrogens (primary N) is 1. The molecule has 118 valence electrons. The zero-order chi connectivity index (χ0) is 15.5. The van der Waals surface area contributed by atoms with Gasteiger partial charge in [0, 0.05) is 29.8 Å². The van der Waals surface area contributed by atoms with Gasteiger partial charge < -0.3 is 10.6 Å². The molecule has 1 aromatic rings. The van der Waals surface area contributed by atoms with E-state index in [9.17, 15) is 13.2 Å². The van der Waals surface area contributed by atoms with Gasteiger partial charge >= 0.3 is 6.18 Å². The number of thioether (sulfide) groups is 1. The maximum Gasteiger partial charge on any atom is 0.418 e. The smallest absolute Gasteiger partial charge is 0.369 e. The number of alkyl halides is 3. The fraction of sp³-hybridized carbons (Fsp3) is 0.600. The molecule has 2 rings (SSSR count). The van der Waals surface area contributed by atoms with E-state index in [1.54, 1.807) is 12.1 Å². The van der Waals surface area contributed by atoms with Crippen molar-refractivity contribution < 1.29 is 13.2 Å². The van der Waals surface area contributed by atoms with Crippen molar-refractivity contribution in [3.05, 3.63) is 29.3 Å². The molecule has 1 saturated heterocycles. The van der Waals surface area contributed by atoms with Gasteiger partial charge in [-0.05, 0) is 37.1 Å². The highest BCUT2D eigenvalue weighted by molar-refractivity contribution is 8.00. The predicted octanol–water partition coefficient (Wildman–Crippen LogP) is 3.54. The van der Waals surface area contributed by atoms with Crippen LogP contribution >= 0.6 is 11.8 Å². The number of halogens is 3. The van der Waals surface area contributed by atoms with Crippen molar-refractivity contribution in [2.24, 2.45) is 5.73 Å². The Kier molecular flexibility index (Phi) is 5.43. The molecule has 0 aromatic heterocycles. The minimum atomic E-state index is -4.33.